The van der Waals surface area contributed by atoms with Crippen LogP contribution in [-0.2, 0) is 14.9 Å². The first-order valence-corrected chi connectivity index (χ1v) is 9.99. The number of hydrogen-bond acceptors (Lipinski definition) is 5. The number of carbonyl (C=O) groups excluding carboxylic acids is 1. The number of rotatable bonds is 4. The standard InChI is InChI=1S/C10H4F5I3O5S/c11-9(12,13)7(10(14,15)24(20,21)22)8(19)23-5-2-3(16)1-4(17)6(5)18/h1-2,7H,(H,20,21,22)/p-1. The van der Waals surface area contributed by atoms with E-state index in [0.29, 0.717) is 7.14 Å². The molecule has 1 atom stereocenters. The van der Waals surface area contributed by atoms with Gasteiger partial charge in [0, 0.05) is 7.14 Å². The molecule has 1 aromatic carbocycles. The fourth-order valence-electron chi connectivity index (χ4n) is 1.38. The fourth-order valence-corrected chi connectivity index (χ4v) is 4.11. The number of alkyl halides is 5. The van der Waals surface area contributed by atoms with Gasteiger partial charge in [-0.05, 0) is 79.9 Å². The van der Waals surface area contributed by atoms with Gasteiger partial charge in [0.1, 0.15) is 5.75 Å². The maximum atomic E-state index is 13.4. The lowest BCUT2D eigenvalue weighted by Crippen LogP contribution is -2.50. The monoisotopic (exact) mass is 711 g/mol. The molecule has 0 aromatic heterocycles. The average Bonchev–Trinajstić information content (AvgIpc) is 2.31. The Hall–Kier alpha value is 0.440. The molecule has 0 aliphatic heterocycles. The van der Waals surface area contributed by atoms with Gasteiger partial charge in [0.25, 0.3) is 0 Å². The van der Waals surface area contributed by atoms with E-state index in [4.69, 9.17) is 0 Å². The van der Waals surface area contributed by atoms with Gasteiger partial charge in [-0.1, -0.05) is 0 Å². The van der Waals surface area contributed by atoms with E-state index in [-0.39, 0.29) is 3.57 Å². The van der Waals surface area contributed by atoms with Crippen LogP contribution in [0.3, 0.4) is 0 Å². The van der Waals surface area contributed by atoms with Crippen LogP contribution in [0.1, 0.15) is 0 Å². The lowest BCUT2D eigenvalue weighted by atomic mass is 10.1. The highest BCUT2D eigenvalue weighted by Gasteiger charge is 2.65. The Morgan fingerprint density at radius 1 is 1.12 bits per heavy atom. The maximum absolute atomic E-state index is 13.4. The van der Waals surface area contributed by atoms with Gasteiger partial charge >= 0.3 is 17.4 Å². The molecule has 0 bridgehead atoms. The first-order valence-electron chi connectivity index (χ1n) is 5.35. The fraction of sp³-hybridized carbons (Fsp3) is 0.300. The molecule has 0 fully saturated rings. The van der Waals surface area contributed by atoms with E-state index in [1.165, 1.54) is 0 Å². The summed E-state index contributed by atoms with van der Waals surface area (Å²) in [5.74, 6) is -7.51. The SMILES string of the molecule is O=C(Oc1cc(I)cc(I)c1I)C(C(F)(F)F)C(F)(F)S(=O)(=O)[O-]. The topological polar surface area (TPSA) is 83.5 Å². The zero-order valence-electron chi connectivity index (χ0n) is 10.7. The van der Waals surface area contributed by atoms with Gasteiger partial charge in [-0.2, -0.15) is 22.0 Å². The average molecular weight is 711 g/mol. The van der Waals surface area contributed by atoms with Gasteiger partial charge in [-0.25, -0.2) is 8.42 Å². The van der Waals surface area contributed by atoms with Crippen molar-refractivity contribution in [2.24, 2.45) is 5.92 Å². The van der Waals surface area contributed by atoms with Gasteiger partial charge in [0.15, 0.2) is 10.1 Å². The van der Waals surface area contributed by atoms with E-state index in [9.17, 15) is 39.7 Å². The highest BCUT2D eigenvalue weighted by molar-refractivity contribution is 14.1. The van der Waals surface area contributed by atoms with E-state index in [2.05, 4.69) is 4.74 Å². The molecule has 14 heteroatoms. The molecule has 136 valence electrons. The number of hydrogen-bond donors (Lipinski definition) is 0. The molecular weight excluding hydrogens is 708 g/mol. The van der Waals surface area contributed by atoms with Crippen molar-refractivity contribution >= 4 is 83.9 Å². The predicted molar refractivity (Wildman–Crippen MR) is 94.4 cm³/mol. The zero-order chi connectivity index (χ0) is 19.1. The Morgan fingerprint density at radius 2 is 1.62 bits per heavy atom. The van der Waals surface area contributed by atoms with Crippen molar-refractivity contribution in [1.29, 1.82) is 0 Å². The summed E-state index contributed by atoms with van der Waals surface area (Å²) in [6, 6.07) is 2.66. The third-order valence-corrected chi connectivity index (χ3v) is 6.92. The number of benzene rings is 1. The van der Waals surface area contributed by atoms with Crippen LogP contribution < -0.4 is 4.74 Å². The molecule has 1 unspecified atom stereocenters. The molecule has 1 aromatic rings. The summed E-state index contributed by atoms with van der Waals surface area (Å²) < 4.78 is 102. The minimum absolute atomic E-state index is 0.149. The molecule has 1 rings (SSSR count). The molecule has 0 amide bonds. The van der Waals surface area contributed by atoms with Gasteiger partial charge in [0.2, 0.25) is 5.92 Å². The van der Waals surface area contributed by atoms with Gasteiger partial charge in [-0.3, -0.25) is 4.79 Å². The van der Waals surface area contributed by atoms with Crippen molar-refractivity contribution in [3.05, 3.63) is 22.8 Å². The normalized spacial score (nSPS) is 14.4. The number of ether oxygens (including phenoxy) is 1. The largest absolute Gasteiger partial charge is 0.743 e. The summed E-state index contributed by atoms with van der Waals surface area (Å²) in [4.78, 5) is 11.6. The second-order valence-corrected chi connectivity index (χ2v) is 9.05. The predicted octanol–water partition coefficient (Wildman–Crippen LogP) is 3.72. The summed E-state index contributed by atoms with van der Waals surface area (Å²) in [6.07, 6.45) is -6.02. The highest BCUT2D eigenvalue weighted by atomic mass is 127. The number of esters is 1. The van der Waals surface area contributed by atoms with Gasteiger partial charge in [-0.15, -0.1) is 0 Å². The van der Waals surface area contributed by atoms with Crippen molar-refractivity contribution in [1.82, 2.24) is 0 Å². The third-order valence-electron chi connectivity index (χ3n) is 2.40. The van der Waals surface area contributed by atoms with Crippen LogP contribution in [0.15, 0.2) is 12.1 Å². The summed E-state index contributed by atoms with van der Waals surface area (Å²) in [5.41, 5.74) is 0. The minimum Gasteiger partial charge on any atom is -0.743 e. The smallest absolute Gasteiger partial charge is 0.409 e. The van der Waals surface area contributed by atoms with Crippen molar-refractivity contribution in [2.75, 3.05) is 0 Å². The second-order valence-electron chi connectivity index (χ2n) is 4.11. The van der Waals surface area contributed by atoms with E-state index < -0.39 is 39.2 Å². The first kappa shape index (κ1) is 22.5. The Balaban J connectivity index is 3.36. The molecule has 0 saturated heterocycles. The Morgan fingerprint density at radius 3 is 2.04 bits per heavy atom. The Kier molecular flexibility index (Phi) is 7.11. The van der Waals surface area contributed by atoms with E-state index in [1.807, 2.05) is 0 Å². The zero-order valence-corrected chi connectivity index (χ0v) is 18.0. The van der Waals surface area contributed by atoms with E-state index in [0.717, 1.165) is 6.07 Å². The van der Waals surface area contributed by atoms with Crippen molar-refractivity contribution < 1.29 is 44.5 Å². The van der Waals surface area contributed by atoms with Gasteiger partial charge < -0.3 is 9.29 Å². The molecule has 5 nitrogen and oxygen atoms in total. The van der Waals surface area contributed by atoms with Crippen molar-refractivity contribution in [3.8, 4) is 5.75 Å². The second kappa shape index (κ2) is 7.59. The molecule has 0 radical (unpaired) electrons. The van der Waals surface area contributed by atoms with Crippen molar-refractivity contribution in [2.45, 2.75) is 11.4 Å². The Bertz CT molecular complexity index is 765. The van der Waals surface area contributed by atoms with E-state index in [1.54, 1.807) is 73.8 Å². The van der Waals surface area contributed by atoms with Crippen LogP contribution in [0.5, 0.6) is 5.75 Å². The van der Waals surface area contributed by atoms with E-state index >= 15 is 0 Å². The molecule has 0 N–H and O–H groups in total. The van der Waals surface area contributed by atoms with Gasteiger partial charge in [0.05, 0.1) is 3.57 Å². The maximum Gasteiger partial charge on any atom is 0.409 e. The first-order chi connectivity index (χ1) is 10.6. The lowest BCUT2D eigenvalue weighted by molar-refractivity contribution is -0.224. The quantitative estimate of drug-likeness (QED) is 0.119. The van der Waals surface area contributed by atoms with Crippen LogP contribution in [0.25, 0.3) is 0 Å². The molecule has 0 spiro atoms. The molecule has 0 heterocycles. The molecule has 24 heavy (non-hydrogen) atoms. The Labute approximate surface area is 172 Å². The number of carbonyl (C=O) groups is 1. The summed E-state index contributed by atoms with van der Waals surface area (Å²) in [7, 11) is -6.76. The van der Waals surface area contributed by atoms with Crippen LogP contribution in [0.4, 0.5) is 22.0 Å². The minimum atomic E-state index is -6.76. The summed E-state index contributed by atoms with van der Waals surface area (Å²) in [6.45, 7) is 0. The van der Waals surface area contributed by atoms with Crippen LogP contribution in [0.2, 0.25) is 0 Å². The summed E-state index contributed by atoms with van der Waals surface area (Å²) in [5, 5.41) is -5.91. The molecule has 0 saturated carbocycles. The molecular formula is C10H3F5I3O5S-. The van der Waals surface area contributed by atoms with Crippen LogP contribution in [0, 0.1) is 16.6 Å². The third kappa shape index (κ3) is 5.00. The van der Waals surface area contributed by atoms with Crippen LogP contribution >= 0.6 is 67.8 Å². The van der Waals surface area contributed by atoms with Crippen LogP contribution in [-0.4, -0.2) is 30.4 Å². The highest BCUT2D eigenvalue weighted by Crippen LogP contribution is 2.42. The summed E-state index contributed by atoms with van der Waals surface area (Å²) >= 11 is 5.11. The van der Waals surface area contributed by atoms with Crippen molar-refractivity contribution in [3.63, 3.8) is 0 Å². The molecule has 0 aliphatic carbocycles. The lowest BCUT2D eigenvalue weighted by Gasteiger charge is -2.28. The molecule has 0 aliphatic rings. The number of halogens is 8.